The fraction of sp³-hybridized carbons (Fsp3) is 0.200. The molecular formula is C20H21NO4. The summed E-state index contributed by atoms with van der Waals surface area (Å²) < 4.78 is 9.82. The Labute approximate surface area is 147 Å². The molecule has 0 aromatic heterocycles. The number of nitrogens with one attached hydrogen (secondary N) is 1. The van der Waals surface area contributed by atoms with Crippen molar-refractivity contribution in [1.29, 1.82) is 0 Å². The number of methoxy groups -OCH3 is 1. The molecule has 0 spiro atoms. The molecule has 0 heterocycles. The van der Waals surface area contributed by atoms with Gasteiger partial charge in [0.15, 0.2) is 0 Å². The second-order valence-electron chi connectivity index (χ2n) is 5.32. The highest BCUT2D eigenvalue weighted by atomic mass is 16.6. The zero-order valence-electron chi connectivity index (χ0n) is 14.1. The molecule has 0 aliphatic heterocycles. The minimum Gasteiger partial charge on any atom is -0.464 e. The maximum absolute atomic E-state index is 11.9. The molecular weight excluding hydrogens is 318 g/mol. The smallest absolute Gasteiger partial charge is 0.412 e. The second kappa shape index (κ2) is 9.93. The summed E-state index contributed by atoms with van der Waals surface area (Å²) in [4.78, 5) is 23.7. The third kappa shape index (κ3) is 6.51. The van der Waals surface area contributed by atoms with Crippen LogP contribution in [0.1, 0.15) is 17.5 Å². The molecule has 130 valence electrons. The fourth-order valence-corrected chi connectivity index (χ4v) is 2.19. The van der Waals surface area contributed by atoms with Crippen molar-refractivity contribution in [3.63, 3.8) is 0 Å². The topological polar surface area (TPSA) is 64.6 Å². The Hall–Kier alpha value is -3.08. The van der Waals surface area contributed by atoms with Crippen molar-refractivity contribution in [3.05, 3.63) is 83.6 Å². The number of benzene rings is 2. The molecule has 2 aromatic carbocycles. The predicted octanol–water partition coefficient (Wildman–Crippen LogP) is 3.60. The third-order valence-electron chi connectivity index (χ3n) is 3.48. The van der Waals surface area contributed by atoms with Crippen LogP contribution in [0.4, 0.5) is 4.79 Å². The average molecular weight is 339 g/mol. The number of carbonyl (C=O) groups is 2. The first-order valence-electron chi connectivity index (χ1n) is 7.99. The van der Waals surface area contributed by atoms with E-state index in [1.807, 2.05) is 60.7 Å². The summed E-state index contributed by atoms with van der Waals surface area (Å²) in [5.41, 5.74) is 2.09. The zero-order valence-corrected chi connectivity index (χ0v) is 14.1. The summed E-state index contributed by atoms with van der Waals surface area (Å²) in [6.45, 7) is 0.130. The van der Waals surface area contributed by atoms with E-state index >= 15 is 0 Å². The number of alkyl carbamates (subject to hydrolysis) is 1. The number of hydrogen-bond acceptors (Lipinski definition) is 4. The number of aryl methyl sites for hydroxylation is 1. The lowest BCUT2D eigenvalue weighted by atomic mass is 10.1. The van der Waals surface area contributed by atoms with Crippen LogP contribution in [0.5, 0.6) is 0 Å². The lowest BCUT2D eigenvalue weighted by Gasteiger charge is -2.09. The van der Waals surface area contributed by atoms with Gasteiger partial charge in [-0.05, 0) is 24.0 Å². The van der Waals surface area contributed by atoms with E-state index in [0.29, 0.717) is 6.42 Å². The van der Waals surface area contributed by atoms with Crippen LogP contribution >= 0.6 is 0 Å². The zero-order chi connectivity index (χ0) is 17.9. The number of amides is 1. The van der Waals surface area contributed by atoms with Crippen molar-refractivity contribution >= 4 is 12.1 Å². The van der Waals surface area contributed by atoms with Gasteiger partial charge in [0.25, 0.3) is 0 Å². The highest BCUT2D eigenvalue weighted by Crippen LogP contribution is 2.06. The van der Waals surface area contributed by atoms with Gasteiger partial charge in [0.1, 0.15) is 12.3 Å². The van der Waals surface area contributed by atoms with Crippen LogP contribution in [0.15, 0.2) is 72.4 Å². The van der Waals surface area contributed by atoms with E-state index in [1.54, 1.807) is 6.08 Å². The maximum atomic E-state index is 11.9. The van der Waals surface area contributed by atoms with Crippen molar-refractivity contribution in [3.8, 4) is 0 Å². The minimum absolute atomic E-state index is 0.0801. The van der Waals surface area contributed by atoms with Crippen LogP contribution in [-0.2, 0) is 27.3 Å². The SMILES string of the molecule is COC(=O)/C(=C/CCc1ccccc1)NC(=O)OCc1ccccc1. The molecule has 5 heteroatoms. The molecule has 0 saturated heterocycles. The van der Waals surface area contributed by atoms with Gasteiger partial charge in [-0.1, -0.05) is 66.7 Å². The van der Waals surface area contributed by atoms with Crippen LogP contribution in [0.2, 0.25) is 0 Å². The summed E-state index contributed by atoms with van der Waals surface area (Å²) in [5, 5.41) is 2.45. The van der Waals surface area contributed by atoms with Gasteiger partial charge in [-0.2, -0.15) is 0 Å². The lowest BCUT2D eigenvalue weighted by molar-refractivity contribution is -0.136. The van der Waals surface area contributed by atoms with Gasteiger partial charge in [0, 0.05) is 0 Å². The number of hydrogen-bond donors (Lipinski definition) is 1. The van der Waals surface area contributed by atoms with E-state index < -0.39 is 12.1 Å². The van der Waals surface area contributed by atoms with Gasteiger partial charge in [0.05, 0.1) is 7.11 Å². The summed E-state index contributed by atoms with van der Waals surface area (Å²) >= 11 is 0. The Morgan fingerprint density at radius 2 is 1.56 bits per heavy atom. The first kappa shape index (κ1) is 18.3. The summed E-state index contributed by atoms with van der Waals surface area (Å²) in [7, 11) is 1.27. The van der Waals surface area contributed by atoms with E-state index in [1.165, 1.54) is 7.11 Å². The normalized spacial score (nSPS) is 10.8. The van der Waals surface area contributed by atoms with Gasteiger partial charge < -0.3 is 9.47 Å². The summed E-state index contributed by atoms with van der Waals surface area (Å²) in [6.07, 6.45) is 2.29. The Morgan fingerprint density at radius 1 is 0.960 bits per heavy atom. The third-order valence-corrected chi connectivity index (χ3v) is 3.48. The van der Waals surface area contributed by atoms with E-state index in [-0.39, 0.29) is 12.3 Å². The Balaban J connectivity index is 1.89. The summed E-state index contributed by atoms with van der Waals surface area (Å²) in [6, 6.07) is 19.2. The molecule has 0 bridgehead atoms. The van der Waals surface area contributed by atoms with Crippen molar-refractivity contribution in [2.24, 2.45) is 0 Å². The number of rotatable bonds is 7. The highest BCUT2D eigenvalue weighted by molar-refractivity contribution is 5.92. The van der Waals surface area contributed by atoms with Gasteiger partial charge >= 0.3 is 12.1 Å². The number of carbonyl (C=O) groups excluding carboxylic acids is 2. The van der Waals surface area contributed by atoms with E-state index in [9.17, 15) is 9.59 Å². The molecule has 0 atom stereocenters. The standard InChI is InChI=1S/C20H21NO4/c1-24-19(22)18(14-8-13-16-9-4-2-5-10-16)21-20(23)25-15-17-11-6-3-7-12-17/h2-7,9-12,14H,8,13,15H2,1H3,(H,21,23)/b18-14-. The summed E-state index contributed by atoms with van der Waals surface area (Å²) in [5.74, 6) is -0.607. The first-order valence-corrected chi connectivity index (χ1v) is 7.99. The maximum Gasteiger partial charge on any atom is 0.412 e. The van der Waals surface area contributed by atoms with Crippen LogP contribution in [0.25, 0.3) is 0 Å². The van der Waals surface area contributed by atoms with Crippen LogP contribution in [0.3, 0.4) is 0 Å². The molecule has 0 aliphatic carbocycles. The molecule has 0 aliphatic rings. The van der Waals surface area contributed by atoms with Crippen molar-refractivity contribution in [2.75, 3.05) is 7.11 Å². The largest absolute Gasteiger partial charge is 0.464 e. The van der Waals surface area contributed by atoms with Crippen molar-refractivity contribution in [1.82, 2.24) is 5.32 Å². The molecule has 0 saturated carbocycles. The number of allylic oxidation sites excluding steroid dienone is 1. The lowest BCUT2D eigenvalue weighted by Crippen LogP contribution is -2.28. The van der Waals surface area contributed by atoms with E-state index in [2.05, 4.69) is 5.32 Å². The van der Waals surface area contributed by atoms with Gasteiger partial charge in [-0.3, -0.25) is 5.32 Å². The predicted molar refractivity (Wildman–Crippen MR) is 94.6 cm³/mol. The molecule has 5 nitrogen and oxygen atoms in total. The average Bonchev–Trinajstić information content (AvgIpc) is 2.66. The molecule has 1 amide bonds. The first-order chi connectivity index (χ1) is 12.2. The van der Waals surface area contributed by atoms with Crippen LogP contribution < -0.4 is 5.32 Å². The number of esters is 1. The van der Waals surface area contributed by atoms with Crippen LogP contribution in [0, 0.1) is 0 Å². The molecule has 2 aromatic rings. The number of ether oxygens (including phenoxy) is 2. The van der Waals surface area contributed by atoms with E-state index in [0.717, 1.165) is 17.5 Å². The molecule has 2 rings (SSSR count). The Morgan fingerprint density at radius 3 is 2.16 bits per heavy atom. The van der Waals surface area contributed by atoms with Gasteiger partial charge in [-0.15, -0.1) is 0 Å². The van der Waals surface area contributed by atoms with Gasteiger partial charge in [0.2, 0.25) is 0 Å². The highest BCUT2D eigenvalue weighted by Gasteiger charge is 2.14. The monoisotopic (exact) mass is 339 g/mol. The molecule has 25 heavy (non-hydrogen) atoms. The van der Waals surface area contributed by atoms with Crippen molar-refractivity contribution < 1.29 is 19.1 Å². The minimum atomic E-state index is -0.694. The van der Waals surface area contributed by atoms with E-state index in [4.69, 9.17) is 9.47 Å². The molecule has 0 unspecified atom stereocenters. The Kier molecular flexibility index (Phi) is 7.25. The fourth-order valence-electron chi connectivity index (χ4n) is 2.19. The second-order valence-corrected chi connectivity index (χ2v) is 5.32. The molecule has 0 fully saturated rings. The van der Waals surface area contributed by atoms with Gasteiger partial charge in [-0.25, -0.2) is 9.59 Å². The van der Waals surface area contributed by atoms with Crippen molar-refractivity contribution in [2.45, 2.75) is 19.4 Å². The Bertz CT molecular complexity index is 711. The molecule has 1 N–H and O–H groups in total. The quantitative estimate of drug-likeness (QED) is 0.618. The molecule has 0 radical (unpaired) electrons. The van der Waals surface area contributed by atoms with Crippen LogP contribution in [-0.4, -0.2) is 19.2 Å².